The molecule has 2 aromatic rings. The molecule has 7 nitrogen and oxygen atoms in total. The lowest BCUT2D eigenvalue weighted by atomic mass is 10.1. The molecule has 3 rings (SSSR count). The summed E-state index contributed by atoms with van der Waals surface area (Å²) in [4.78, 5) is 22.9. The van der Waals surface area contributed by atoms with Gasteiger partial charge in [0, 0.05) is 43.0 Å². The SMILES string of the molecule is COc1cnc(-c2cnc(C(F)(F)F)nc2)cc1CNC(=O)C1CC(F)CN1. The van der Waals surface area contributed by atoms with E-state index in [0.29, 0.717) is 17.0 Å². The Morgan fingerprint density at radius 2 is 2.00 bits per heavy atom. The van der Waals surface area contributed by atoms with E-state index >= 15 is 0 Å². The van der Waals surface area contributed by atoms with Crippen molar-refractivity contribution in [2.45, 2.75) is 31.4 Å². The average Bonchev–Trinajstić information content (AvgIpc) is 3.11. The number of ether oxygens (including phenoxy) is 1. The van der Waals surface area contributed by atoms with Crippen molar-refractivity contribution in [3.63, 3.8) is 0 Å². The summed E-state index contributed by atoms with van der Waals surface area (Å²) in [6.07, 6.45) is -2.15. The van der Waals surface area contributed by atoms with Crippen molar-refractivity contribution in [3.8, 4) is 17.0 Å². The molecule has 1 amide bonds. The van der Waals surface area contributed by atoms with Crippen molar-refractivity contribution in [2.75, 3.05) is 13.7 Å². The molecule has 0 radical (unpaired) electrons. The van der Waals surface area contributed by atoms with Gasteiger partial charge in [-0.2, -0.15) is 13.2 Å². The highest BCUT2D eigenvalue weighted by Crippen LogP contribution is 2.28. The first-order valence-electron chi connectivity index (χ1n) is 8.35. The van der Waals surface area contributed by atoms with Crippen LogP contribution in [-0.2, 0) is 17.5 Å². The fourth-order valence-corrected chi connectivity index (χ4v) is 2.77. The molecular formula is C17H17F4N5O2. The van der Waals surface area contributed by atoms with Crippen molar-refractivity contribution in [2.24, 2.45) is 0 Å². The molecule has 2 N–H and O–H groups in total. The third-order valence-electron chi connectivity index (χ3n) is 4.22. The van der Waals surface area contributed by atoms with Crippen LogP contribution in [-0.4, -0.2) is 46.7 Å². The Bertz CT molecular complexity index is 844. The molecule has 0 bridgehead atoms. The molecule has 3 heterocycles. The zero-order valence-electron chi connectivity index (χ0n) is 14.8. The van der Waals surface area contributed by atoms with E-state index in [2.05, 4.69) is 25.6 Å². The van der Waals surface area contributed by atoms with Crippen LogP contribution in [0.1, 0.15) is 17.8 Å². The lowest BCUT2D eigenvalue weighted by molar-refractivity contribution is -0.145. The summed E-state index contributed by atoms with van der Waals surface area (Å²) >= 11 is 0. The van der Waals surface area contributed by atoms with Gasteiger partial charge in [-0.3, -0.25) is 9.78 Å². The minimum Gasteiger partial charge on any atom is -0.495 e. The number of hydrogen-bond donors (Lipinski definition) is 2. The van der Waals surface area contributed by atoms with Crippen LogP contribution in [0.3, 0.4) is 0 Å². The van der Waals surface area contributed by atoms with Gasteiger partial charge in [-0.15, -0.1) is 0 Å². The number of methoxy groups -OCH3 is 1. The fraction of sp³-hybridized carbons (Fsp3) is 0.412. The molecule has 1 aliphatic heterocycles. The maximum absolute atomic E-state index is 13.2. The molecule has 150 valence electrons. The summed E-state index contributed by atoms with van der Waals surface area (Å²) < 4.78 is 56.2. The first-order chi connectivity index (χ1) is 13.3. The van der Waals surface area contributed by atoms with Crippen LogP contribution in [0.5, 0.6) is 5.75 Å². The topological polar surface area (TPSA) is 89.0 Å². The van der Waals surface area contributed by atoms with E-state index in [4.69, 9.17) is 4.74 Å². The van der Waals surface area contributed by atoms with Crippen molar-refractivity contribution in [3.05, 3.63) is 36.0 Å². The average molecular weight is 399 g/mol. The highest BCUT2D eigenvalue weighted by Gasteiger charge is 2.34. The van der Waals surface area contributed by atoms with Gasteiger partial charge in [0.15, 0.2) is 0 Å². The normalized spacial score (nSPS) is 19.5. The van der Waals surface area contributed by atoms with Gasteiger partial charge < -0.3 is 15.4 Å². The molecule has 28 heavy (non-hydrogen) atoms. The maximum atomic E-state index is 13.2. The van der Waals surface area contributed by atoms with Gasteiger partial charge in [-0.1, -0.05) is 0 Å². The van der Waals surface area contributed by atoms with E-state index in [0.717, 1.165) is 12.4 Å². The van der Waals surface area contributed by atoms with Crippen LogP contribution < -0.4 is 15.4 Å². The van der Waals surface area contributed by atoms with E-state index in [9.17, 15) is 22.4 Å². The van der Waals surface area contributed by atoms with E-state index in [1.807, 2.05) is 0 Å². The van der Waals surface area contributed by atoms with Crippen LogP contribution in [0.2, 0.25) is 0 Å². The Balaban J connectivity index is 1.75. The quantitative estimate of drug-likeness (QED) is 0.747. The Kier molecular flexibility index (Phi) is 5.73. The second-order valence-electron chi connectivity index (χ2n) is 6.19. The van der Waals surface area contributed by atoms with Crippen LogP contribution >= 0.6 is 0 Å². The Labute approximate surface area is 157 Å². The summed E-state index contributed by atoms with van der Waals surface area (Å²) in [7, 11) is 1.43. The van der Waals surface area contributed by atoms with Gasteiger partial charge in [-0.05, 0) is 6.07 Å². The molecule has 2 atom stereocenters. The standard InChI is InChI=1S/C17H17F4N5O2/c1-28-14-8-23-12(10-5-25-16(26-6-10)17(19,20)21)2-9(14)4-24-15(27)13-3-11(18)7-22-13/h2,5-6,8,11,13,22H,3-4,7H2,1H3,(H,24,27). The fourth-order valence-electron chi connectivity index (χ4n) is 2.77. The number of halogens is 4. The molecule has 0 saturated carbocycles. The summed E-state index contributed by atoms with van der Waals surface area (Å²) in [5.41, 5.74) is 1.15. The largest absolute Gasteiger partial charge is 0.495 e. The summed E-state index contributed by atoms with van der Waals surface area (Å²) in [5.74, 6) is -1.20. The second kappa shape index (κ2) is 8.05. The molecule has 2 unspecified atom stereocenters. The molecule has 1 saturated heterocycles. The van der Waals surface area contributed by atoms with Crippen molar-refractivity contribution in [1.82, 2.24) is 25.6 Å². The zero-order valence-corrected chi connectivity index (χ0v) is 14.8. The van der Waals surface area contributed by atoms with Gasteiger partial charge >= 0.3 is 6.18 Å². The summed E-state index contributed by atoms with van der Waals surface area (Å²) in [6, 6.07) is 0.955. The van der Waals surface area contributed by atoms with Gasteiger partial charge in [-0.25, -0.2) is 14.4 Å². The summed E-state index contributed by atoms with van der Waals surface area (Å²) in [6.45, 7) is 0.211. The number of rotatable bonds is 5. The van der Waals surface area contributed by atoms with E-state index < -0.39 is 24.2 Å². The van der Waals surface area contributed by atoms with Crippen molar-refractivity contribution >= 4 is 5.91 Å². The molecule has 1 fully saturated rings. The van der Waals surface area contributed by atoms with Gasteiger partial charge in [0.25, 0.3) is 0 Å². The maximum Gasteiger partial charge on any atom is 0.451 e. The Hall–Kier alpha value is -2.82. The number of aromatic nitrogens is 3. The lowest BCUT2D eigenvalue weighted by Crippen LogP contribution is -2.40. The molecule has 2 aromatic heterocycles. The number of alkyl halides is 4. The number of pyridine rings is 1. The van der Waals surface area contributed by atoms with Crippen LogP contribution in [0.4, 0.5) is 17.6 Å². The van der Waals surface area contributed by atoms with Crippen LogP contribution in [0, 0.1) is 0 Å². The van der Waals surface area contributed by atoms with E-state index in [-0.39, 0.29) is 31.0 Å². The van der Waals surface area contributed by atoms with Crippen LogP contribution in [0.15, 0.2) is 24.7 Å². The van der Waals surface area contributed by atoms with E-state index in [1.54, 1.807) is 6.07 Å². The molecule has 11 heteroatoms. The van der Waals surface area contributed by atoms with Crippen molar-refractivity contribution < 1.29 is 27.1 Å². The zero-order chi connectivity index (χ0) is 20.3. The highest BCUT2D eigenvalue weighted by molar-refractivity contribution is 5.82. The van der Waals surface area contributed by atoms with Gasteiger partial charge in [0.1, 0.15) is 11.9 Å². The minimum absolute atomic E-state index is 0.0775. The molecule has 0 spiro atoms. The van der Waals surface area contributed by atoms with Gasteiger partial charge in [0.05, 0.1) is 25.0 Å². The monoisotopic (exact) mass is 399 g/mol. The number of nitrogens with zero attached hydrogens (tertiary/aromatic N) is 3. The number of carbonyl (C=O) groups is 1. The molecule has 0 aromatic carbocycles. The molecule has 0 aliphatic carbocycles. The van der Waals surface area contributed by atoms with Crippen molar-refractivity contribution in [1.29, 1.82) is 0 Å². The summed E-state index contributed by atoms with van der Waals surface area (Å²) in [5, 5.41) is 5.47. The van der Waals surface area contributed by atoms with Gasteiger partial charge in [0.2, 0.25) is 11.7 Å². The smallest absolute Gasteiger partial charge is 0.451 e. The van der Waals surface area contributed by atoms with Crippen LogP contribution in [0.25, 0.3) is 11.3 Å². The number of amides is 1. The number of hydrogen-bond acceptors (Lipinski definition) is 6. The third kappa shape index (κ3) is 4.53. The second-order valence-corrected chi connectivity index (χ2v) is 6.19. The first kappa shape index (κ1) is 19.9. The third-order valence-corrected chi connectivity index (χ3v) is 4.22. The predicted molar refractivity (Wildman–Crippen MR) is 90.0 cm³/mol. The lowest BCUT2D eigenvalue weighted by Gasteiger charge is -2.14. The minimum atomic E-state index is -4.63. The Morgan fingerprint density at radius 1 is 1.29 bits per heavy atom. The first-order valence-corrected chi connectivity index (χ1v) is 8.35. The number of nitrogens with one attached hydrogen (secondary N) is 2. The molecule has 1 aliphatic rings. The Morgan fingerprint density at radius 3 is 2.57 bits per heavy atom. The molecular weight excluding hydrogens is 382 g/mol. The predicted octanol–water partition coefficient (Wildman–Crippen LogP) is 1.88. The van der Waals surface area contributed by atoms with E-state index in [1.165, 1.54) is 13.3 Å². The number of carbonyl (C=O) groups excluding carboxylic acids is 1. The highest BCUT2D eigenvalue weighted by atomic mass is 19.4.